The summed E-state index contributed by atoms with van der Waals surface area (Å²) in [6.45, 7) is 1.90. The zero-order valence-corrected chi connectivity index (χ0v) is 13.2. The SMILES string of the molecule is COc1cccc(CNC(=O)N2CCC(c3cnc[nH]3)CC2)n1. The van der Waals surface area contributed by atoms with E-state index in [1.807, 2.05) is 23.2 Å². The molecule has 2 aromatic rings. The largest absolute Gasteiger partial charge is 0.481 e. The smallest absolute Gasteiger partial charge is 0.317 e. The maximum Gasteiger partial charge on any atom is 0.317 e. The second-order valence-corrected chi connectivity index (χ2v) is 5.60. The molecule has 0 spiro atoms. The van der Waals surface area contributed by atoms with Crippen LogP contribution in [0.3, 0.4) is 0 Å². The van der Waals surface area contributed by atoms with Gasteiger partial charge in [-0.05, 0) is 18.9 Å². The molecule has 0 unspecified atom stereocenters. The summed E-state index contributed by atoms with van der Waals surface area (Å²) in [5.74, 6) is 1.01. The molecule has 0 aromatic carbocycles. The molecule has 2 amide bonds. The summed E-state index contributed by atoms with van der Waals surface area (Å²) in [5, 5.41) is 2.92. The molecule has 0 saturated carbocycles. The normalized spacial score (nSPS) is 15.4. The molecule has 0 atom stereocenters. The predicted molar refractivity (Wildman–Crippen MR) is 85.2 cm³/mol. The number of hydrogen-bond donors (Lipinski definition) is 2. The van der Waals surface area contributed by atoms with Crippen molar-refractivity contribution in [1.82, 2.24) is 25.2 Å². The van der Waals surface area contributed by atoms with E-state index in [1.54, 1.807) is 19.5 Å². The van der Waals surface area contributed by atoms with Crippen LogP contribution in [0.1, 0.15) is 30.1 Å². The number of piperidine rings is 1. The van der Waals surface area contributed by atoms with Crippen LogP contribution in [0.4, 0.5) is 4.79 Å². The summed E-state index contributed by atoms with van der Waals surface area (Å²) in [7, 11) is 1.58. The Morgan fingerprint density at radius 2 is 2.26 bits per heavy atom. The number of amides is 2. The van der Waals surface area contributed by atoms with Crippen molar-refractivity contribution < 1.29 is 9.53 Å². The summed E-state index contributed by atoms with van der Waals surface area (Å²) in [6.07, 6.45) is 5.48. The fraction of sp³-hybridized carbons (Fsp3) is 0.438. The summed E-state index contributed by atoms with van der Waals surface area (Å²) >= 11 is 0. The van der Waals surface area contributed by atoms with Crippen LogP contribution in [0, 0.1) is 0 Å². The van der Waals surface area contributed by atoms with E-state index in [1.165, 1.54) is 0 Å². The molecule has 7 heteroatoms. The van der Waals surface area contributed by atoms with Gasteiger partial charge in [0.1, 0.15) is 0 Å². The number of methoxy groups -OCH3 is 1. The van der Waals surface area contributed by atoms with E-state index in [2.05, 4.69) is 20.3 Å². The third kappa shape index (κ3) is 3.80. The average molecular weight is 315 g/mol. The van der Waals surface area contributed by atoms with Crippen LogP contribution >= 0.6 is 0 Å². The third-order valence-corrected chi connectivity index (χ3v) is 4.15. The standard InChI is InChI=1S/C16H21N5O2/c1-23-15-4-2-3-13(20-15)9-18-16(22)21-7-5-12(6-8-21)14-10-17-11-19-14/h2-4,10-12H,5-9H2,1H3,(H,17,19)(H,18,22). The van der Waals surface area contributed by atoms with E-state index in [0.717, 1.165) is 37.3 Å². The van der Waals surface area contributed by atoms with Gasteiger partial charge in [0, 0.05) is 37.0 Å². The fourth-order valence-electron chi connectivity index (χ4n) is 2.83. The maximum atomic E-state index is 12.3. The summed E-state index contributed by atoms with van der Waals surface area (Å²) < 4.78 is 5.08. The first-order chi connectivity index (χ1) is 11.3. The lowest BCUT2D eigenvalue weighted by Crippen LogP contribution is -2.43. The number of imidazole rings is 1. The van der Waals surface area contributed by atoms with Crippen LogP contribution in [0.2, 0.25) is 0 Å². The number of urea groups is 1. The number of aromatic nitrogens is 3. The Labute approximate surface area is 135 Å². The zero-order chi connectivity index (χ0) is 16.1. The van der Waals surface area contributed by atoms with E-state index in [0.29, 0.717) is 18.3 Å². The molecule has 7 nitrogen and oxygen atoms in total. The number of H-pyrrole nitrogens is 1. The van der Waals surface area contributed by atoms with Gasteiger partial charge in [-0.15, -0.1) is 0 Å². The maximum absolute atomic E-state index is 12.3. The number of likely N-dealkylation sites (tertiary alicyclic amines) is 1. The Hall–Kier alpha value is -2.57. The van der Waals surface area contributed by atoms with Gasteiger partial charge in [0.15, 0.2) is 0 Å². The van der Waals surface area contributed by atoms with Crippen LogP contribution < -0.4 is 10.1 Å². The highest BCUT2D eigenvalue weighted by molar-refractivity contribution is 5.74. The first-order valence-electron chi connectivity index (χ1n) is 7.77. The van der Waals surface area contributed by atoms with Gasteiger partial charge in [-0.25, -0.2) is 14.8 Å². The number of hydrogen-bond acceptors (Lipinski definition) is 4. The molecule has 0 aliphatic carbocycles. The van der Waals surface area contributed by atoms with Gasteiger partial charge >= 0.3 is 6.03 Å². The lowest BCUT2D eigenvalue weighted by Gasteiger charge is -2.31. The first-order valence-corrected chi connectivity index (χ1v) is 7.77. The quantitative estimate of drug-likeness (QED) is 0.902. The second-order valence-electron chi connectivity index (χ2n) is 5.60. The second kappa shape index (κ2) is 7.13. The van der Waals surface area contributed by atoms with Crippen LogP contribution in [0.5, 0.6) is 5.88 Å². The third-order valence-electron chi connectivity index (χ3n) is 4.15. The van der Waals surface area contributed by atoms with Crippen molar-refractivity contribution >= 4 is 6.03 Å². The number of rotatable bonds is 4. The van der Waals surface area contributed by atoms with Crippen LogP contribution in [-0.4, -0.2) is 46.1 Å². The molecule has 0 radical (unpaired) electrons. The van der Waals surface area contributed by atoms with Gasteiger partial charge in [-0.1, -0.05) is 6.07 Å². The van der Waals surface area contributed by atoms with Crippen molar-refractivity contribution in [3.8, 4) is 5.88 Å². The van der Waals surface area contributed by atoms with Crippen molar-refractivity contribution in [2.75, 3.05) is 20.2 Å². The summed E-state index contributed by atoms with van der Waals surface area (Å²) in [6, 6.07) is 5.47. The molecule has 3 heterocycles. The molecule has 1 aliphatic heterocycles. The van der Waals surface area contributed by atoms with Crippen LogP contribution in [-0.2, 0) is 6.54 Å². The minimum absolute atomic E-state index is 0.0438. The van der Waals surface area contributed by atoms with Gasteiger partial charge in [0.05, 0.1) is 25.7 Å². The van der Waals surface area contributed by atoms with Gasteiger partial charge < -0.3 is 19.9 Å². The van der Waals surface area contributed by atoms with Crippen LogP contribution in [0.15, 0.2) is 30.7 Å². The predicted octanol–water partition coefficient (Wildman–Crippen LogP) is 1.90. The van der Waals surface area contributed by atoms with E-state index < -0.39 is 0 Å². The number of carbonyl (C=O) groups excluding carboxylic acids is 1. The highest BCUT2D eigenvalue weighted by atomic mass is 16.5. The Bertz CT molecular complexity index is 636. The fourth-order valence-corrected chi connectivity index (χ4v) is 2.83. The first kappa shape index (κ1) is 15.3. The molecule has 23 heavy (non-hydrogen) atoms. The monoisotopic (exact) mass is 315 g/mol. The number of pyridine rings is 1. The Kier molecular flexibility index (Phi) is 4.75. The highest BCUT2D eigenvalue weighted by Gasteiger charge is 2.24. The topological polar surface area (TPSA) is 83.1 Å². The molecule has 2 aromatic heterocycles. The summed E-state index contributed by atoms with van der Waals surface area (Å²) in [4.78, 5) is 25.6. The van der Waals surface area contributed by atoms with Gasteiger partial charge in [0.25, 0.3) is 0 Å². The van der Waals surface area contributed by atoms with E-state index >= 15 is 0 Å². The lowest BCUT2D eigenvalue weighted by molar-refractivity contribution is 0.180. The molecule has 1 fully saturated rings. The molecular formula is C16H21N5O2. The van der Waals surface area contributed by atoms with Crippen molar-refractivity contribution in [2.24, 2.45) is 0 Å². The highest BCUT2D eigenvalue weighted by Crippen LogP contribution is 2.26. The van der Waals surface area contributed by atoms with E-state index in [-0.39, 0.29) is 6.03 Å². The Morgan fingerprint density at radius 3 is 2.96 bits per heavy atom. The van der Waals surface area contributed by atoms with Crippen molar-refractivity contribution in [3.63, 3.8) is 0 Å². The lowest BCUT2D eigenvalue weighted by atomic mass is 9.94. The Morgan fingerprint density at radius 1 is 1.43 bits per heavy atom. The van der Waals surface area contributed by atoms with Crippen molar-refractivity contribution in [2.45, 2.75) is 25.3 Å². The van der Waals surface area contributed by atoms with Crippen LogP contribution in [0.25, 0.3) is 0 Å². The van der Waals surface area contributed by atoms with Crippen molar-refractivity contribution in [3.05, 3.63) is 42.1 Å². The number of aromatic amines is 1. The number of nitrogens with zero attached hydrogens (tertiary/aromatic N) is 3. The average Bonchev–Trinajstić information content (AvgIpc) is 3.14. The number of carbonyl (C=O) groups is 1. The molecule has 2 N–H and O–H groups in total. The Balaban J connectivity index is 1.48. The minimum Gasteiger partial charge on any atom is -0.481 e. The van der Waals surface area contributed by atoms with E-state index in [4.69, 9.17) is 4.74 Å². The number of ether oxygens (including phenoxy) is 1. The molecule has 1 saturated heterocycles. The number of nitrogens with one attached hydrogen (secondary N) is 2. The molecular weight excluding hydrogens is 294 g/mol. The van der Waals surface area contributed by atoms with E-state index in [9.17, 15) is 4.79 Å². The molecule has 3 rings (SSSR count). The summed E-state index contributed by atoms with van der Waals surface area (Å²) in [5.41, 5.74) is 1.94. The van der Waals surface area contributed by atoms with Gasteiger partial charge in [-0.2, -0.15) is 0 Å². The van der Waals surface area contributed by atoms with Gasteiger partial charge in [0.2, 0.25) is 5.88 Å². The van der Waals surface area contributed by atoms with Crippen molar-refractivity contribution in [1.29, 1.82) is 0 Å². The molecule has 122 valence electrons. The van der Waals surface area contributed by atoms with Gasteiger partial charge in [-0.3, -0.25) is 0 Å². The molecule has 0 bridgehead atoms. The minimum atomic E-state index is -0.0438. The molecule has 1 aliphatic rings. The zero-order valence-electron chi connectivity index (χ0n) is 13.2.